The summed E-state index contributed by atoms with van der Waals surface area (Å²) in [6.45, 7) is 2.23. The number of Topliss-reactive ketones (excluding diaryl/α,β-unsaturated/α-hetero) is 1. The van der Waals surface area contributed by atoms with Crippen molar-refractivity contribution in [2.75, 3.05) is 0 Å². The van der Waals surface area contributed by atoms with Gasteiger partial charge in [-0.25, -0.2) is 0 Å². The molecule has 0 amide bonds. The zero-order chi connectivity index (χ0) is 22.6. The molecule has 4 atom stereocenters. The maximum absolute atomic E-state index is 14.8. The summed E-state index contributed by atoms with van der Waals surface area (Å²) in [4.78, 5) is 12.6. The highest BCUT2D eigenvalue weighted by Gasteiger charge is 2.54. The maximum atomic E-state index is 14.8. The van der Waals surface area contributed by atoms with E-state index in [-0.39, 0.29) is 5.41 Å². The van der Waals surface area contributed by atoms with Crippen LogP contribution in [0.25, 0.3) is 0 Å². The highest BCUT2D eigenvalue weighted by Crippen LogP contribution is 2.59. The lowest BCUT2D eigenvalue weighted by Crippen LogP contribution is -2.42. The summed E-state index contributed by atoms with van der Waals surface area (Å²) in [6, 6.07) is 26.6. The molecule has 3 aromatic rings. The van der Waals surface area contributed by atoms with Crippen LogP contribution in [0, 0.1) is 17.3 Å². The van der Waals surface area contributed by atoms with Crippen LogP contribution in [0.4, 0.5) is 0 Å². The first-order valence-electron chi connectivity index (χ1n) is 12.4. The molecule has 2 nitrogen and oxygen atoms in total. The Morgan fingerprint density at radius 3 is 2.12 bits per heavy atom. The van der Waals surface area contributed by atoms with E-state index in [1.54, 1.807) is 0 Å². The molecule has 0 radical (unpaired) electrons. The normalized spacial score (nSPS) is 28.6. The molecule has 2 fully saturated rings. The Bertz CT molecular complexity index is 1210. The van der Waals surface area contributed by atoms with Crippen molar-refractivity contribution >= 4 is 28.8 Å². The third-order valence-electron chi connectivity index (χ3n) is 9.02. The largest absolute Gasteiger partial charge is 0.309 e. The fourth-order valence-corrected chi connectivity index (χ4v) is 9.96. The van der Waals surface area contributed by atoms with Gasteiger partial charge in [0.1, 0.15) is 5.78 Å². The van der Waals surface area contributed by atoms with Gasteiger partial charge >= 0.3 is 0 Å². The van der Waals surface area contributed by atoms with Crippen LogP contribution in [0.15, 0.2) is 78.9 Å². The van der Waals surface area contributed by atoms with Gasteiger partial charge in [-0.1, -0.05) is 79.7 Å². The molecule has 0 N–H and O–H groups in total. The van der Waals surface area contributed by atoms with Gasteiger partial charge in [-0.2, -0.15) is 0 Å². The van der Waals surface area contributed by atoms with Gasteiger partial charge in [0, 0.05) is 27.7 Å². The lowest BCUT2D eigenvalue weighted by Gasteiger charge is -2.48. The Kier molecular flexibility index (Phi) is 5.00. The lowest BCUT2D eigenvalue weighted by atomic mass is 9.55. The van der Waals surface area contributed by atoms with E-state index in [1.807, 2.05) is 60.7 Å². The SMILES string of the molecule is C[C@]12CC[C@@H]3c4ccc(P(=O)(c5ccccc5)c5ccccc5)cc4CC[C@H]3[C@@H]1CCC2=O. The molecule has 0 aromatic heterocycles. The first-order chi connectivity index (χ1) is 16.0. The standard InChI is InChI=1S/C30H31O2P/c1-30-19-18-26-25-15-13-24(20-21(25)12-14-27(26)28(30)16-17-29(30)31)33(32,22-8-4-2-5-9-22)23-10-6-3-7-11-23/h2-11,13,15,20,26-28H,12,14,16-19H2,1H3/t26-,27-,28+,30+/m1/s1. The first kappa shape index (κ1) is 21.1. The average Bonchev–Trinajstić information content (AvgIpc) is 3.18. The number of benzene rings is 3. The van der Waals surface area contributed by atoms with E-state index in [9.17, 15) is 9.36 Å². The van der Waals surface area contributed by atoms with Crippen molar-refractivity contribution < 1.29 is 9.36 Å². The highest BCUT2D eigenvalue weighted by molar-refractivity contribution is 7.85. The van der Waals surface area contributed by atoms with Crippen molar-refractivity contribution in [3.05, 3.63) is 90.0 Å². The fraction of sp³-hybridized carbons (Fsp3) is 0.367. The Morgan fingerprint density at radius 2 is 1.45 bits per heavy atom. The fourth-order valence-electron chi connectivity index (χ4n) is 7.26. The van der Waals surface area contributed by atoms with Gasteiger partial charge in [-0.3, -0.25) is 4.79 Å². The van der Waals surface area contributed by atoms with Gasteiger partial charge in [0.25, 0.3) is 0 Å². The van der Waals surface area contributed by atoms with Crippen LogP contribution >= 0.6 is 7.14 Å². The zero-order valence-electron chi connectivity index (χ0n) is 19.2. The van der Waals surface area contributed by atoms with Gasteiger partial charge in [-0.05, 0) is 67.1 Å². The summed E-state index contributed by atoms with van der Waals surface area (Å²) in [5, 5.41) is 2.72. The predicted octanol–water partition coefficient (Wildman–Crippen LogP) is 5.75. The van der Waals surface area contributed by atoms with Crippen LogP contribution < -0.4 is 15.9 Å². The minimum Gasteiger partial charge on any atom is -0.309 e. The molecule has 0 bridgehead atoms. The molecule has 6 rings (SSSR count). The van der Waals surface area contributed by atoms with Gasteiger partial charge in [-0.15, -0.1) is 0 Å². The molecule has 0 heterocycles. The van der Waals surface area contributed by atoms with Gasteiger partial charge in [0.2, 0.25) is 0 Å². The van der Waals surface area contributed by atoms with Crippen molar-refractivity contribution in [3.63, 3.8) is 0 Å². The number of carbonyl (C=O) groups excluding carboxylic acids is 1. The van der Waals surface area contributed by atoms with Crippen LogP contribution in [0.3, 0.4) is 0 Å². The molecule has 168 valence electrons. The molecule has 3 aliphatic rings. The molecule has 3 aromatic carbocycles. The Labute approximate surface area is 196 Å². The molecule has 0 saturated heterocycles. The molecule has 3 aliphatic carbocycles. The molecule has 3 heteroatoms. The van der Waals surface area contributed by atoms with Crippen molar-refractivity contribution in [3.8, 4) is 0 Å². The number of fused-ring (bicyclic) bond motifs is 5. The maximum Gasteiger partial charge on any atom is 0.171 e. The third kappa shape index (κ3) is 3.14. The molecule has 0 aliphatic heterocycles. The van der Waals surface area contributed by atoms with Crippen LogP contribution in [-0.2, 0) is 15.8 Å². The first-order valence-corrected chi connectivity index (χ1v) is 14.1. The Morgan fingerprint density at radius 1 is 0.788 bits per heavy atom. The summed E-state index contributed by atoms with van der Waals surface area (Å²) in [6.07, 6.45) is 6.13. The van der Waals surface area contributed by atoms with Crippen LogP contribution in [0.1, 0.15) is 56.1 Å². The molecular weight excluding hydrogens is 423 g/mol. The Hall–Kier alpha value is -2.44. The van der Waals surface area contributed by atoms with Crippen molar-refractivity contribution in [2.45, 2.75) is 51.4 Å². The second kappa shape index (κ2) is 7.81. The number of aryl methyl sites for hydroxylation is 1. The second-order valence-electron chi connectivity index (χ2n) is 10.5. The third-order valence-corrected chi connectivity index (χ3v) is 12.1. The second-order valence-corrected chi connectivity index (χ2v) is 13.3. The molecule has 0 spiro atoms. The van der Waals surface area contributed by atoms with E-state index in [1.165, 1.54) is 11.1 Å². The minimum atomic E-state index is -2.94. The number of rotatable bonds is 3. The number of hydrogen-bond acceptors (Lipinski definition) is 2. The quantitative estimate of drug-likeness (QED) is 0.472. The highest BCUT2D eigenvalue weighted by atomic mass is 31.2. The smallest absolute Gasteiger partial charge is 0.171 e. The molecule has 33 heavy (non-hydrogen) atoms. The monoisotopic (exact) mass is 454 g/mol. The Balaban J connectivity index is 1.42. The van der Waals surface area contributed by atoms with E-state index >= 15 is 0 Å². The molecule has 0 unspecified atom stereocenters. The van der Waals surface area contributed by atoms with Crippen molar-refractivity contribution in [2.24, 2.45) is 17.3 Å². The van der Waals surface area contributed by atoms with Crippen molar-refractivity contribution in [1.82, 2.24) is 0 Å². The number of hydrogen-bond donors (Lipinski definition) is 0. The van der Waals surface area contributed by atoms with Gasteiger partial charge in [0.05, 0.1) is 0 Å². The van der Waals surface area contributed by atoms with E-state index < -0.39 is 7.14 Å². The molecule has 2 saturated carbocycles. The summed E-state index contributed by atoms with van der Waals surface area (Å²) >= 11 is 0. The number of carbonyl (C=O) groups is 1. The van der Waals surface area contributed by atoms with Gasteiger partial charge in [0.15, 0.2) is 7.14 Å². The van der Waals surface area contributed by atoms with E-state index in [0.717, 1.165) is 54.4 Å². The topological polar surface area (TPSA) is 34.1 Å². The van der Waals surface area contributed by atoms with Crippen LogP contribution in [0.2, 0.25) is 0 Å². The lowest BCUT2D eigenvalue weighted by molar-refractivity contribution is -0.129. The van der Waals surface area contributed by atoms with Gasteiger partial charge < -0.3 is 4.57 Å². The van der Waals surface area contributed by atoms with E-state index in [4.69, 9.17) is 0 Å². The summed E-state index contributed by atoms with van der Waals surface area (Å²) in [5.41, 5.74) is 2.73. The minimum absolute atomic E-state index is 0.0884. The average molecular weight is 455 g/mol. The van der Waals surface area contributed by atoms with Crippen molar-refractivity contribution in [1.29, 1.82) is 0 Å². The summed E-state index contributed by atoms with van der Waals surface area (Å²) < 4.78 is 14.8. The zero-order valence-corrected chi connectivity index (χ0v) is 20.1. The number of ketones is 1. The van der Waals surface area contributed by atoms with E-state index in [2.05, 4.69) is 25.1 Å². The summed E-state index contributed by atoms with van der Waals surface area (Å²) in [5.74, 6) is 2.19. The van der Waals surface area contributed by atoms with E-state index in [0.29, 0.717) is 23.5 Å². The summed E-state index contributed by atoms with van der Waals surface area (Å²) in [7, 11) is -2.94. The molecular formula is C30H31O2P. The van der Waals surface area contributed by atoms with Crippen LogP contribution in [-0.4, -0.2) is 5.78 Å². The predicted molar refractivity (Wildman–Crippen MR) is 135 cm³/mol. The van der Waals surface area contributed by atoms with Crippen LogP contribution in [0.5, 0.6) is 0 Å².